The summed E-state index contributed by atoms with van der Waals surface area (Å²) in [6, 6.07) is 76.9. The molecule has 0 radical (unpaired) electrons. The number of fused-ring (bicyclic) bond motifs is 10. The van der Waals surface area contributed by atoms with Crippen molar-refractivity contribution in [2.24, 2.45) is 0 Å². The molecular formula is C56H40N2. The Morgan fingerprint density at radius 2 is 0.914 bits per heavy atom. The number of para-hydroxylation sites is 1. The van der Waals surface area contributed by atoms with Crippen LogP contribution in [0.25, 0.3) is 54.8 Å². The number of hydrogen-bond acceptors (Lipinski definition) is 1. The summed E-state index contributed by atoms with van der Waals surface area (Å²) in [6.45, 7) is 4.74. The Morgan fingerprint density at radius 3 is 1.67 bits per heavy atom. The predicted octanol–water partition coefficient (Wildman–Crippen LogP) is 14.5. The lowest BCUT2D eigenvalue weighted by molar-refractivity contribution is 0.564. The van der Waals surface area contributed by atoms with Crippen LogP contribution in [0.1, 0.15) is 41.7 Å². The fourth-order valence-corrected chi connectivity index (χ4v) is 10.7. The first-order chi connectivity index (χ1) is 28.5. The predicted molar refractivity (Wildman–Crippen MR) is 243 cm³/mol. The Labute approximate surface area is 338 Å². The molecule has 0 unspecified atom stereocenters. The molecule has 0 fully saturated rings. The Balaban J connectivity index is 1.19. The number of aromatic nitrogens is 1. The fraction of sp³-hybridized carbons (Fsp3) is 0.0714. The van der Waals surface area contributed by atoms with Crippen LogP contribution in [0, 0.1) is 0 Å². The monoisotopic (exact) mass is 740 g/mol. The normalized spacial score (nSPS) is 14.3. The number of nitrogens with zero attached hydrogens (tertiary/aromatic N) is 2. The molecule has 2 nitrogen and oxygen atoms in total. The highest BCUT2D eigenvalue weighted by Crippen LogP contribution is 2.56. The minimum atomic E-state index is -0.623. The summed E-state index contributed by atoms with van der Waals surface area (Å²) in [5.41, 5.74) is 16.8. The molecule has 1 aromatic heterocycles. The van der Waals surface area contributed by atoms with E-state index in [4.69, 9.17) is 0 Å². The summed E-state index contributed by atoms with van der Waals surface area (Å²) in [5.74, 6) is 0. The highest BCUT2D eigenvalue weighted by molar-refractivity contribution is 6.11. The van der Waals surface area contributed by atoms with E-state index in [1.165, 1.54) is 82.6 Å². The van der Waals surface area contributed by atoms with Crippen LogP contribution in [0.5, 0.6) is 0 Å². The van der Waals surface area contributed by atoms with Crippen molar-refractivity contribution in [3.05, 3.63) is 234 Å². The zero-order chi connectivity index (χ0) is 38.6. The van der Waals surface area contributed by atoms with Crippen LogP contribution in [-0.2, 0) is 11.0 Å². The third-order valence-electron chi connectivity index (χ3n) is 13.2. The second-order valence-corrected chi connectivity index (χ2v) is 16.5. The smallest absolute Gasteiger partial charge is 0.122 e. The van der Waals surface area contributed by atoms with Gasteiger partial charge in [0.25, 0.3) is 0 Å². The molecule has 0 aliphatic heterocycles. The van der Waals surface area contributed by atoms with Gasteiger partial charge in [0, 0.05) is 32.9 Å². The van der Waals surface area contributed by atoms with Crippen molar-refractivity contribution in [3.8, 4) is 22.3 Å². The molecule has 274 valence electrons. The molecular weight excluding hydrogens is 701 g/mol. The molecule has 12 rings (SSSR count). The van der Waals surface area contributed by atoms with Gasteiger partial charge in [-0.05, 0) is 91.9 Å². The molecule has 58 heavy (non-hydrogen) atoms. The topological polar surface area (TPSA) is 8.17 Å². The summed E-state index contributed by atoms with van der Waals surface area (Å²) < 4.78 is 2.66. The van der Waals surface area contributed by atoms with Gasteiger partial charge in [0.15, 0.2) is 0 Å². The van der Waals surface area contributed by atoms with Crippen LogP contribution in [0.4, 0.5) is 17.1 Å². The standard InChI is InChI=1S/C56H40N2/c1-55(2)48-26-12-8-22-42(48)45-33-31-39(35-51(45)55)57(52-30-16-18-37-17-6-7-21-41(37)52)40-32-34-47-46-25-11-15-29-53(46)58(54(47)36-40)56(38-19-4-3-5-20-38)49-27-13-9-23-43(49)44-24-10-14-28-50(44)56/h3-36H,1-2H3. The van der Waals surface area contributed by atoms with E-state index in [9.17, 15) is 0 Å². The molecule has 0 spiro atoms. The molecule has 1 heterocycles. The van der Waals surface area contributed by atoms with Crippen molar-refractivity contribution in [2.75, 3.05) is 4.90 Å². The lowest BCUT2D eigenvalue weighted by Crippen LogP contribution is -2.35. The Kier molecular flexibility index (Phi) is 6.93. The molecule has 0 N–H and O–H groups in total. The molecule has 2 aliphatic carbocycles. The van der Waals surface area contributed by atoms with Gasteiger partial charge in [0.2, 0.25) is 0 Å². The highest BCUT2D eigenvalue weighted by atomic mass is 15.2. The maximum absolute atomic E-state index is 2.66. The van der Waals surface area contributed by atoms with Gasteiger partial charge in [0.1, 0.15) is 5.54 Å². The van der Waals surface area contributed by atoms with Crippen molar-refractivity contribution in [1.82, 2.24) is 4.57 Å². The summed E-state index contributed by atoms with van der Waals surface area (Å²) >= 11 is 0. The fourth-order valence-electron chi connectivity index (χ4n) is 10.7. The third-order valence-corrected chi connectivity index (χ3v) is 13.2. The minimum absolute atomic E-state index is 0.131. The molecule has 2 heteroatoms. The van der Waals surface area contributed by atoms with Crippen LogP contribution in [0.2, 0.25) is 0 Å². The van der Waals surface area contributed by atoms with Crippen LogP contribution < -0.4 is 4.90 Å². The molecule has 0 bridgehead atoms. The van der Waals surface area contributed by atoms with E-state index in [0.717, 1.165) is 17.1 Å². The Bertz CT molecular complexity index is 3220. The second kappa shape index (κ2) is 12.2. The van der Waals surface area contributed by atoms with Crippen LogP contribution in [0.15, 0.2) is 206 Å². The lowest BCUT2D eigenvalue weighted by Gasteiger charge is -2.37. The molecule has 2 aliphatic rings. The first-order valence-electron chi connectivity index (χ1n) is 20.4. The van der Waals surface area contributed by atoms with E-state index in [2.05, 4.69) is 230 Å². The molecule has 0 saturated carbocycles. The highest BCUT2D eigenvalue weighted by Gasteiger charge is 2.47. The van der Waals surface area contributed by atoms with Gasteiger partial charge in [0.05, 0.1) is 16.7 Å². The van der Waals surface area contributed by atoms with Crippen molar-refractivity contribution < 1.29 is 0 Å². The SMILES string of the molecule is CC1(C)c2ccccc2-c2ccc(N(c3ccc4c5ccccc5n(C5(c6ccccc6)c6ccccc6-c6ccccc65)c4c3)c3cccc4ccccc34)cc21. The van der Waals surface area contributed by atoms with E-state index in [1.54, 1.807) is 0 Å². The second-order valence-electron chi connectivity index (χ2n) is 16.5. The molecule has 0 saturated heterocycles. The largest absolute Gasteiger partial charge is 0.322 e. The minimum Gasteiger partial charge on any atom is -0.322 e. The number of anilines is 3. The molecule has 0 amide bonds. The summed E-state index contributed by atoms with van der Waals surface area (Å²) in [4.78, 5) is 2.49. The first kappa shape index (κ1) is 33.0. The number of benzene rings is 9. The quantitative estimate of drug-likeness (QED) is 0.171. The van der Waals surface area contributed by atoms with Gasteiger partial charge in [-0.2, -0.15) is 0 Å². The molecule has 9 aromatic carbocycles. The maximum Gasteiger partial charge on any atom is 0.122 e. The summed E-state index contributed by atoms with van der Waals surface area (Å²) in [5, 5.41) is 4.92. The van der Waals surface area contributed by atoms with Gasteiger partial charge in [-0.15, -0.1) is 0 Å². The van der Waals surface area contributed by atoms with Gasteiger partial charge < -0.3 is 9.47 Å². The number of hydrogen-bond donors (Lipinski definition) is 0. The van der Waals surface area contributed by atoms with Gasteiger partial charge in [-0.25, -0.2) is 0 Å². The van der Waals surface area contributed by atoms with Gasteiger partial charge >= 0.3 is 0 Å². The van der Waals surface area contributed by atoms with E-state index >= 15 is 0 Å². The van der Waals surface area contributed by atoms with Crippen molar-refractivity contribution >= 4 is 49.6 Å². The molecule has 0 atom stereocenters. The van der Waals surface area contributed by atoms with Crippen LogP contribution in [-0.4, -0.2) is 4.57 Å². The third kappa shape index (κ3) is 4.38. The van der Waals surface area contributed by atoms with E-state index < -0.39 is 5.54 Å². The van der Waals surface area contributed by atoms with Crippen molar-refractivity contribution in [1.29, 1.82) is 0 Å². The average Bonchev–Trinajstić information content (AvgIpc) is 3.85. The summed E-state index contributed by atoms with van der Waals surface area (Å²) in [7, 11) is 0. The first-order valence-corrected chi connectivity index (χ1v) is 20.4. The Morgan fingerprint density at radius 1 is 0.379 bits per heavy atom. The van der Waals surface area contributed by atoms with Gasteiger partial charge in [-0.1, -0.05) is 184 Å². The van der Waals surface area contributed by atoms with Crippen molar-refractivity contribution in [3.63, 3.8) is 0 Å². The maximum atomic E-state index is 2.66. The van der Waals surface area contributed by atoms with E-state index in [0.29, 0.717) is 0 Å². The van der Waals surface area contributed by atoms with Gasteiger partial charge in [-0.3, -0.25) is 0 Å². The lowest BCUT2D eigenvalue weighted by atomic mass is 9.80. The zero-order valence-corrected chi connectivity index (χ0v) is 32.5. The van der Waals surface area contributed by atoms with E-state index in [-0.39, 0.29) is 5.41 Å². The van der Waals surface area contributed by atoms with Crippen LogP contribution in [0.3, 0.4) is 0 Å². The van der Waals surface area contributed by atoms with Crippen molar-refractivity contribution in [2.45, 2.75) is 24.8 Å². The Hall–Kier alpha value is -7.16. The zero-order valence-electron chi connectivity index (χ0n) is 32.5. The average molecular weight is 741 g/mol. The van der Waals surface area contributed by atoms with E-state index in [1.807, 2.05) is 0 Å². The molecule has 10 aromatic rings. The number of rotatable bonds is 5. The van der Waals surface area contributed by atoms with Crippen LogP contribution >= 0.6 is 0 Å². The summed E-state index contributed by atoms with van der Waals surface area (Å²) in [6.07, 6.45) is 0.